The molecule has 0 bridgehead atoms. The van der Waals surface area contributed by atoms with Gasteiger partial charge in [-0.2, -0.15) is 10.2 Å². The summed E-state index contributed by atoms with van der Waals surface area (Å²) in [5.41, 5.74) is 1.54. The van der Waals surface area contributed by atoms with Crippen LogP contribution in [0.1, 0.15) is 74.1 Å². The second-order valence-corrected chi connectivity index (χ2v) is 10.1. The van der Waals surface area contributed by atoms with Crippen LogP contribution in [-0.4, -0.2) is 73.7 Å². The molecule has 248 valence electrons. The second kappa shape index (κ2) is 20.0. The van der Waals surface area contributed by atoms with E-state index in [1.165, 1.54) is 0 Å². The Bertz CT molecular complexity index is 1260. The first-order chi connectivity index (χ1) is 22.1. The molecule has 0 aliphatic carbocycles. The Labute approximate surface area is 269 Å². The van der Waals surface area contributed by atoms with Gasteiger partial charge in [0, 0.05) is 50.1 Å². The molecule has 0 aromatic heterocycles. The molecule has 0 aliphatic heterocycles. The van der Waals surface area contributed by atoms with Crippen LogP contribution in [-0.2, 0) is 19.2 Å². The zero-order chi connectivity index (χ0) is 33.9. The van der Waals surface area contributed by atoms with E-state index in [9.17, 15) is 28.8 Å². The third-order valence-corrected chi connectivity index (χ3v) is 6.55. The fourth-order valence-corrected chi connectivity index (χ4v) is 4.21. The molecule has 0 aliphatic rings. The monoisotopic (exact) mass is 636 g/mol. The van der Waals surface area contributed by atoms with Crippen LogP contribution in [0.2, 0.25) is 0 Å². The van der Waals surface area contributed by atoms with Gasteiger partial charge in [-0.25, -0.2) is 0 Å². The first-order valence-corrected chi connectivity index (χ1v) is 15.4. The second-order valence-electron chi connectivity index (χ2n) is 10.1. The fourth-order valence-electron chi connectivity index (χ4n) is 4.21. The van der Waals surface area contributed by atoms with E-state index in [2.05, 4.69) is 42.1 Å². The van der Waals surface area contributed by atoms with Crippen molar-refractivity contribution in [2.24, 2.45) is 10.2 Å². The van der Waals surface area contributed by atoms with Crippen molar-refractivity contribution in [2.75, 3.05) is 26.2 Å². The first-order valence-electron chi connectivity index (χ1n) is 15.4. The average molecular weight is 637 g/mol. The fraction of sp³-hybridized carbons (Fsp3) is 0.438. The van der Waals surface area contributed by atoms with Crippen molar-refractivity contribution >= 4 is 46.8 Å². The van der Waals surface area contributed by atoms with Crippen molar-refractivity contribution in [1.29, 1.82) is 0 Å². The van der Waals surface area contributed by atoms with Gasteiger partial charge in [0.1, 0.15) is 12.1 Å². The summed E-state index contributed by atoms with van der Waals surface area (Å²) in [5, 5.41) is 24.4. The zero-order valence-electron chi connectivity index (χ0n) is 26.8. The van der Waals surface area contributed by atoms with Gasteiger partial charge in [-0.15, -0.1) is 0 Å². The molecule has 14 nitrogen and oxygen atoms in total. The maximum atomic E-state index is 12.8. The molecule has 14 heteroatoms. The summed E-state index contributed by atoms with van der Waals surface area (Å²) < 4.78 is 0. The molecule has 0 radical (unpaired) electrons. The van der Waals surface area contributed by atoms with Crippen LogP contribution in [0.5, 0.6) is 0 Å². The van der Waals surface area contributed by atoms with Crippen LogP contribution in [0, 0.1) is 0 Å². The lowest BCUT2D eigenvalue weighted by atomic mass is 10.1. The Morgan fingerprint density at radius 3 is 1.15 bits per heavy atom. The smallest absolute Gasteiger partial charge is 0.251 e. The van der Waals surface area contributed by atoms with Crippen molar-refractivity contribution in [3.8, 4) is 0 Å². The molecule has 0 saturated carbocycles. The molecule has 2 aromatic carbocycles. The summed E-state index contributed by atoms with van der Waals surface area (Å²) in [6.07, 6.45) is 0.499. The highest BCUT2D eigenvalue weighted by Gasteiger charge is 2.23. The van der Waals surface area contributed by atoms with E-state index in [0.29, 0.717) is 48.7 Å². The van der Waals surface area contributed by atoms with Crippen LogP contribution >= 0.6 is 0 Å². The molecule has 46 heavy (non-hydrogen) atoms. The highest BCUT2D eigenvalue weighted by molar-refractivity contribution is 5.98. The van der Waals surface area contributed by atoms with E-state index in [4.69, 9.17) is 0 Å². The molecule has 2 unspecified atom stereocenters. The van der Waals surface area contributed by atoms with E-state index in [-0.39, 0.29) is 49.3 Å². The number of rotatable bonds is 18. The van der Waals surface area contributed by atoms with Crippen LogP contribution < -0.4 is 31.9 Å². The Hall–Kier alpha value is -5.14. The van der Waals surface area contributed by atoms with E-state index in [0.717, 1.165) is 0 Å². The number of nitrogens with one attached hydrogen (secondary N) is 6. The van der Waals surface area contributed by atoms with Gasteiger partial charge in [-0.1, -0.05) is 0 Å². The molecular formula is C32H44N8O6. The summed E-state index contributed by atoms with van der Waals surface area (Å²) in [7, 11) is 0. The van der Waals surface area contributed by atoms with Crippen molar-refractivity contribution in [3.05, 3.63) is 59.7 Å². The van der Waals surface area contributed by atoms with Crippen molar-refractivity contribution in [3.63, 3.8) is 0 Å². The van der Waals surface area contributed by atoms with Crippen LogP contribution in [0.25, 0.3) is 0 Å². The minimum Gasteiger partial charge on any atom is -0.356 e. The number of benzene rings is 2. The van der Waals surface area contributed by atoms with Gasteiger partial charge >= 0.3 is 0 Å². The van der Waals surface area contributed by atoms with Gasteiger partial charge in [0.15, 0.2) is 0 Å². The summed E-state index contributed by atoms with van der Waals surface area (Å²) in [5.74, 6) is -2.08. The van der Waals surface area contributed by atoms with Crippen molar-refractivity contribution in [1.82, 2.24) is 31.9 Å². The van der Waals surface area contributed by atoms with Gasteiger partial charge < -0.3 is 31.9 Å². The minimum absolute atomic E-state index is 0.0940. The van der Waals surface area contributed by atoms with Gasteiger partial charge in [-0.05, 0) is 89.1 Å². The molecule has 2 atom stereocenters. The normalized spacial score (nSPS) is 12.0. The van der Waals surface area contributed by atoms with Gasteiger partial charge in [0.2, 0.25) is 23.6 Å². The number of likely N-dealkylation sites (N-methyl/N-ethyl adjacent to an activating group) is 2. The lowest BCUT2D eigenvalue weighted by molar-refractivity contribution is -0.125. The number of azo groups is 1. The predicted octanol–water partition coefficient (Wildman–Crippen LogP) is 2.40. The molecule has 0 fully saturated rings. The van der Waals surface area contributed by atoms with Gasteiger partial charge in [0.05, 0.1) is 11.4 Å². The highest BCUT2D eigenvalue weighted by atomic mass is 16.2. The molecule has 6 N–H and O–H groups in total. The van der Waals surface area contributed by atoms with Crippen LogP contribution in [0.4, 0.5) is 11.4 Å². The number of hydrogen-bond acceptors (Lipinski definition) is 8. The van der Waals surface area contributed by atoms with E-state index in [1.54, 1.807) is 76.2 Å². The van der Waals surface area contributed by atoms with Crippen molar-refractivity contribution in [2.45, 2.75) is 65.5 Å². The Balaban J connectivity index is 2.01. The van der Waals surface area contributed by atoms with Crippen LogP contribution in [0.15, 0.2) is 58.8 Å². The Morgan fingerprint density at radius 2 is 0.848 bits per heavy atom. The number of amides is 6. The lowest BCUT2D eigenvalue weighted by Gasteiger charge is -2.18. The van der Waals surface area contributed by atoms with Gasteiger partial charge in [-0.3, -0.25) is 28.8 Å². The third kappa shape index (κ3) is 12.8. The number of carbonyl (C=O) groups excluding carboxylic acids is 6. The summed E-state index contributed by atoms with van der Waals surface area (Å²) >= 11 is 0. The topological polar surface area (TPSA) is 199 Å². The zero-order valence-corrected chi connectivity index (χ0v) is 26.8. The number of carbonyl (C=O) groups is 6. The molecule has 6 amide bonds. The quantitative estimate of drug-likeness (QED) is 0.136. The molecule has 0 heterocycles. The highest BCUT2D eigenvalue weighted by Crippen LogP contribution is 2.20. The molecular weight excluding hydrogens is 592 g/mol. The Kier molecular flexibility index (Phi) is 16.1. The standard InChI is InChI=1S/C32H44N8O6/c1-5-33-27(41)19-17-25(31(45)35-7-3)37-29(43)21-9-13-23(14-10-21)39-40-24-15-11-22(12-16-24)30(44)38-26(32(46)36-8-4)18-20-28(42)34-6-2/h9-16,25-26H,5-8,17-20H2,1-4H3,(H,33,41)(H,34,42)(H,35,45)(H,36,46)(H,37,43)(H,38,44). The average Bonchev–Trinajstić information content (AvgIpc) is 3.04. The summed E-state index contributed by atoms with van der Waals surface area (Å²) in [6, 6.07) is 10.8. The summed E-state index contributed by atoms with van der Waals surface area (Å²) in [4.78, 5) is 74.2. The molecule has 2 rings (SSSR count). The largest absolute Gasteiger partial charge is 0.356 e. The molecule has 2 aromatic rings. The third-order valence-electron chi connectivity index (χ3n) is 6.55. The summed E-state index contributed by atoms with van der Waals surface area (Å²) in [6.45, 7) is 8.87. The van der Waals surface area contributed by atoms with E-state index in [1.807, 2.05) is 0 Å². The van der Waals surface area contributed by atoms with E-state index < -0.39 is 23.9 Å². The molecule has 0 saturated heterocycles. The molecule has 0 spiro atoms. The SMILES string of the molecule is CCNC(=O)CCC(NC(=O)c1ccc(N=Nc2ccc(C(=O)NC(CCC(=O)NCC)C(=O)NCC)cc2)cc1)C(=O)NCC. The maximum absolute atomic E-state index is 12.8. The van der Waals surface area contributed by atoms with Crippen LogP contribution in [0.3, 0.4) is 0 Å². The lowest BCUT2D eigenvalue weighted by Crippen LogP contribution is -2.47. The first kappa shape index (κ1) is 37.0. The van der Waals surface area contributed by atoms with Gasteiger partial charge in [0.25, 0.3) is 11.8 Å². The maximum Gasteiger partial charge on any atom is 0.251 e. The number of nitrogens with zero attached hydrogens (tertiary/aromatic N) is 2. The Morgan fingerprint density at radius 1 is 0.522 bits per heavy atom. The van der Waals surface area contributed by atoms with E-state index >= 15 is 0 Å². The minimum atomic E-state index is -0.869. The van der Waals surface area contributed by atoms with Crippen molar-refractivity contribution < 1.29 is 28.8 Å². The predicted molar refractivity (Wildman–Crippen MR) is 173 cm³/mol. The number of hydrogen-bond donors (Lipinski definition) is 6.